The molecule has 2 saturated heterocycles. The number of fused-ring (bicyclic) bond motifs is 4. The van der Waals surface area contributed by atoms with Gasteiger partial charge in [0.1, 0.15) is 0 Å². The Hall–Kier alpha value is -3.29. The van der Waals surface area contributed by atoms with E-state index in [2.05, 4.69) is 48.2 Å². The number of likely N-dealkylation sites (tertiary alicyclic amines) is 2. The van der Waals surface area contributed by atoms with Crippen molar-refractivity contribution in [2.45, 2.75) is 74.0 Å². The zero-order valence-corrected chi connectivity index (χ0v) is 26.2. The van der Waals surface area contributed by atoms with E-state index in [1.54, 1.807) is 14.2 Å². The Morgan fingerprint density at radius 1 is 0.818 bits per heavy atom. The molecule has 4 bridgehead atoms. The van der Waals surface area contributed by atoms with Crippen molar-refractivity contribution < 1.29 is 19.3 Å². The third kappa shape index (κ3) is 2.90. The number of aromatic nitrogens is 1. The van der Waals surface area contributed by atoms with Crippen molar-refractivity contribution in [3.63, 3.8) is 0 Å². The highest BCUT2D eigenvalue weighted by Crippen LogP contribution is 2.67. The number of phenols is 1. The molecule has 4 heterocycles. The predicted molar refractivity (Wildman–Crippen MR) is 166 cm³/mol. The van der Waals surface area contributed by atoms with Crippen molar-refractivity contribution >= 4 is 0 Å². The van der Waals surface area contributed by atoms with Crippen molar-refractivity contribution in [2.75, 3.05) is 41.4 Å². The Balaban J connectivity index is 1.15. The van der Waals surface area contributed by atoms with Gasteiger partial charge in [0.15, 0.2) is 29.1 Å². The van der Waals surface area contributed by atoms with Crippen molar-refractivity contribution in [3.8, 4) is 23.0 Å². The lowest BCUT2D eigenvalue weighted by Gasteiger charge is -2.59. The summed E-state index contributed by atoms with van der Waals surface area (Å²) in [5.41, 5.74) is 10.2. The number of likely N-dealkylation sites (N-methyl/N-ethyl adjacent to an activating group) is 2. The number of phenolic OH excluding ortho intramolecular Hbond substituents is 1. The van der Waals surface area contributed by atoms with E-state index in [0.717, 1.165) is 80.8 Å². The van der Waals surface area contributed by atoms with Crippen molar-refractivity contribution in [1.29, 1.82) is 0 Å². The molecule has 228 valence electrons. The molecule has 0 amide bonds. The average molecular weight is 592 g/mol. The summed E-state index contributed by atoms with van der Waals surface area (Å²) in [6.07, 6.45) is 6.98. The number of pyridine rings is 1. The van der Waals surface area contributed by atoms with Crippen LogP contribution in [-0.4, -0.2) is 73.4 Å². The van der Waals surface area contributed by atoms with Gasteiger partial charge in [0.25, 0.3) is 0 Å². The molecule has 2 aromatic carbocycles. The van der Waals surface area contributed by atoms with E-state index in [4.69, 9.17) is 19.2 Å². The largest absolute Gasteiger partial charge is 0.504 e. The first kappa shape index (κ1) is 26.0. The SMILES string of the molecule is COc1ccc2c(c1O)[C@]13CCN(C)[C@H](C2)[C@@H]1Cc1cc2c(nc1C3)[C@@H]1Oc3c(OC)ccc4c3[C@@]13CCN(C)[C@H](C4)[C@@H]3C2. The first-order valence-corrected chi connectivity index (χ1v) is 16.6. The number of hydrogen-bond acceptors (Lipinski definition) is 7. The Morgan fingerprint density at radius 3 is 2.27 bits per heavy atom. The van der Waals surface area contributed by atoms with Crippen LogP contribution in [0.25, 0.3) is 0 Å². The van der Waals surface area contributed by atoms with E-state index in [0.29, 0.717) is 35.4 Å². The zero-order chi connectivity index (χ0) is 29.7. The lowest BCUT2D eigenvalue weighted by Crippen LogP contribution is -2.62. The molecule has 44 heavy (non-hydrogen) atoms. The maximum atomic E-state index is 11.6. The van der Waals surface area contributed by atoms with Crippen LogP contribution in [0.2, 0.25) is 0 Å². The molecule has 0 unspecified atom stereocenters. The highest BCUT2D eigenvalue weighted by atomic mass is 16.5. The van der Waals surface area contributed by atoms with Crippen LogP contribution < -0.4 is 14.2 Å². The fourth-order valence-electron chi connectivity index (χ4n) is 11.6. The normalized spacial score (nSPS) is 35.4. The Kier molecular flexibility index (Phi) is 5.01. The van der Waals surface area contributed by atoms with Gasteiger partial charge in [0.05, 0.1) is 19.9 Å². The first-order chi connectivity index (χ1) is 21.4. The van der Waals surface area contributed by atoms with Crippen LogP contribution in [0.3, 0.4) is 0 Å². The minimum absolute atomic E-state index is 0.0555. The third-order valence-electron chi connectivity index (χ3n) is 13.5. The standard InChI is InChI=1S/C37H41N3O4/c1-39-11-9-36-18-25-21(14-23(36)26(39)16-19-5-7-28(42-3)33(41)30(19)36)13-22-15-24-27-17-20-6-8-29(43-4)34-31(20)37(24,10-12-40(27)2)35(44-34)32(22)38-25/h5-8,13,23-24,26-27,35,41H,9-12,14-18H2,1-4H3/t23-,24-,26+,27+,35-,36-,37-/m0/s1. The summed E-state index contributed by atoms with van der Waals surface area (Å²) < 4.78 is 18.6. The summed E-state index contributed by atoms with van der Waals surface area (Å²) in [4.78, 5) is 10.9. The summed E-state index contributed by atoms with van der Waals surface area (Å²) in [5.74, 6) is 3.68. The minimum Gasteiger partial charge on any atom is -0.504 e. The fraction of sp³-hybridized carbons (Fsp3) is 0.541. The Bertz CT molecular complexity index is 1770. The van der Waals surface area contributed by atoms with Crippen LogP contribution in [0, 0.1) is 11.8 Å². The summed E-state index contributed by atoms with van der Waals surface area (Å²) >= 11 is 0. The molecule has 10 rings (SSSR count). The van der Waals surface area contributed by atoms with Crippen LogP contribution in [0.4, 0.5) is 0 Å². The summed E-state index contributed by atoms with van der Waals surface area (Å²) in [7, 11) is 8.03. The van der Waals surface area contributed by atoms with Gasteiger partial charge in [0, 0.05) is 46.2 Å². The third-order valence-corrected chi connectivity index (χ3v) is 13.5. The van der Waals surface area contributed by atoms with Gasteiger partial charge in [-0.05, 0) is 112 Å². The predicted octanol–water partition coefficient (Wildman–Crippen LogP) is 4.52. The smallest absolute Gasteiger partial charge is 0.166 e. The van der Waals surface area contributed by atoms with Gasteiger partial charge in [-0.2, -0.15) is 0 Å². The molecule has 7 atom stereocenters. The number of hydrogen-bond donors (Lipinski definition) is 1. The van der Waals surface area contributed by atoms with Gasteiger partial charge in [-0.3, -0.25) is 4.98 Å². The van der Waals surface area contributed by atoms with E-state index in [1.165, 1.54) is 33.5 Å². The van der Waals surface area contributed by atoms with E-state index >= 15 is 0 Å². The number of aromatic hydroxyl groups is 1. The number of methoxy groups -OCH3 is 2. The van der Waals surface area contributed by atoms with Crippen molar-refractivity contribution in [1.82, 2.24) is 14.8 Å². The molecule has 2 fully saturated rings. The second-order valence-electron chi connectivity index (χ2n) is 14.9. The van der Waals surface area contributed by atoms with E-state index in [9.17, 15) is 5.11 Å². The van der Waals surface area contributed by atoms with Crippen LogP contribution >= 0.6 is 0 Å². The lowest BCUT2D eigenvalue weighted by molar-refractivity contribution is -0.0265. The number of rotatable bonds is 2. The molecule has 1 aromatic heterocycles. The lowest BCUT2D eigenvalue weighted by atomic mass is 9.50. The summed E-state index contributed by atoms with van der Waals surface area (Å²) in [6, 6.07) is 12.0. The highest BCUT2D eigenvalue weighted by molar-refractivity contribution is 5.63. The number of benzene rings is 2. The second-order valence-corrected chi connectivity index (χ2v) is 14.9. The summed E-state index contributed by atoms with van der Waals surface area (Å²) in [6.45, 7) is 2.11. The van der Waals surface area contributed by atoms with Gasteiger partial charge < -0.3 is 29.1 Å². The maximum absolute atomic E-state index is 11.6. The quantitative estimate of drug-likeness (QED) is 0.470. The molecule has 1 N–H and O–H groups in total. The highest BCUT2D eigenvalue weighted by Gasteiger charge is 2.65. The molecule has 7 nitrogen and oxygen atoms in total. The topological polar surface area (TPSA) is 67.3 Å². The molecule has 1 spiro atoms. The van der Waals surface area contributed by atoms with Crippen LogP contribution in [0.5, 0.6) is 23.0 Å². The van der Waals surface area contributed by atoms with Gasteiger partial charge in [-0.1, -0.05) is 18.2 Å². The molecule has 3 aliphatic heterocycles. The molecule has 4 aliphatic carbocycles. The number of piperidine rings is 2. The number of nitrogens with zero attached hydrogens (tertiary/aromatic N) is 3. The molecule has 0 saturated carbocycles. The Labute approximate surface area is 259 Å². The Morgan fingerprint density at radius 2 is 1.50 bits per heavy atom. The van der Waals surface area contributed by atoms with E-state index in [1.807, 2.05) is 6.07 Å². The molecule has 7 aliphatic rings. The molecule has 3 aromatic rings. The van der Waals surface area contributed by atoms with Gasteiger partial charge >= 0.3 is 0 Å². The van der Waals surface area contributed by atoms with E-state index in [-0.39, 0.29) is 16.9 Å². The molecule has 7 heteroatoms. The van der Waals surface area contributed by atoms with Crippen molar-refractivity contribution in [3.05, 3.63) is 75.1 Å². The van der Waals surface area contributed by atoms with Gasteiger partial charge in [-0.25, -0.2) is 0 Å². The second kappa shape index (κ2) is 8.49. The molecule has 0 radical (unpaired) electrons. The number of ether oxygens (including phenoxy) is 3. The molecular formula is C37H41N3O4. The monoisotopic (exact) mass is 591 g/mol. The van der Waals surface area contributed by atoms with Crippen LogP contribution in [-0.2, 0) is 42.9 Å². The average Bonchev–Trinajstić information content (AvgIpc) is 3.38. The van der Waals surface area contributed by atoms with Crippen LogP contribution in [0.1, 0.15) is 63.7 Å². The van der Waals surface area contributed by atoms with Crippen LogP contribution in [0.15, 0.2) is 30.3 Å². The minimum atomic E-state index is -0.146. The first-order valence-electron chi connectivity index (χ1n) is 16.6. The van der Waals surface area contributed by atoms with E-state index < -0.39 is 0 Å². The van der Waals surface area contributed by atoms with Gasteiger partial charge in [-0.15, -0.1) is 0 Å². The van der Waals surface area contributed by atoms with Crippen molar-refractivity contribution in [2.24, 2.45) is 11.8 Å². The zero-order valence-electron chi connectivity index (χ0n) is 26.2. The summed E-state index contributed by atoms with van der Waals surface area (Å²) in [5, 5.41) is 11.6. The van der Waals surface area contributed by atoms with Gasteiger partial charge in [0.2, 0.25) is 0 Å². The molecular weight excluding hydrogens is 550 g/mol. The fourth-order valence-corrected chi connectivity index (χ4v) is 11.6. The maximum Gasteiger partial charge on any atom is 0.166 e.